The van der Waals surface area contributed by atoms with Crippen molar-refractivity contribution in [1.82, 2.24) is 4.98 Å². The number of nitrogens with one attached hydrogen (secondary N) is 1. The van der Waals surface area contributed by atoms with Crippen LogP contribution in [0.5, 0.6) is 0 Å². The summed E-state index contributed by atoms with van der Waals surface area (Å²) in [5.74, 6) is -0.399. The molecule has 0 saturated carbocycles. The van der Waals surface area contributed by atoms with E-state index in [1.54, 1.807) is 0 Å². The Morgan fingerprint density at radius 1 is 1.42 bits per heavy atom. The molecule has 1 aliphatic heterocycles. The molecule has 0 radical (unpaired) electrons. The smallest absolute Gasteiger partial charge is 0.295 e. The number of benzene rings is 1. The Labute approximate surface area is 109 Å². The van der Waals surface area contributed by atoms with Gasteiger partial charge < -0.3 is 20.2 Å². The molecule has 0 unspecified atom stereocenters. The Kier molecular flexibility index (Phi) is 3.08. The number of anilines is 1. The lowest BCUT2D eigenvalue weighted by molar-refractivity contribution is -0.128. The van der Waals surface area contributed by atoms with Crippen LogP contribution in [0.15, 0.2) is 28.7 Å². The van der Waals surface area contributed by atoms with Crippen molar-refractivity contribution in [2.45, 2.75) is 25.0 Å². The first-order valence-corrected chi connectivity index (χ1v) is 6.26. The molecule has 3 rings (SSSR count). The highest BCUT2D eigenvalue weighted by Crippen LogP contribution is 2.21. The number of aromatic nitrogens is 1. The van der Waals surface area contributed by atoms with Gasteiger partial charge in [0.1, 0.15) is 11.6 Å². The predicted octanol–water partition coefficient (Wildman–Crippen LogP) is 1.27. The number of fused-ring (bicyclic) bond motifs is 1. The Balaban J connectivity index is 1.59. The van der Waals surface area contributed by atoms with E-state index >= 15 is 0 Å². The Morgan fingerprint density at radius 3 is 3.00 bits per heavy atom. The summed E-state index contributed by atoms with van der Waals surface area (Å²) in [7, 11) is 0. The van der Waals surface area contributed by atoms with E-state index in [0.717, 1.165) is 17.5 Å². The molecule has 6 nitrogen and oxygen atoms in total. The number of carbonyl (C=O) groups is 1. The molecule has 0 spiro atoms. The monoisotopic (exact) mass is 261 g/mol. The van der Waals surface area contributed by atoms with Crippen LogP contribution in [0, 0.1) is 0 Å². The quantitative estimate of drug-likeness (QED) is 0.865. The molecule has 19 heavy (non-hydrogen) atoms. The summed E-state index contributed by atoms with van der Waals surface area (Å²) in [6.07, 6.45) is 0.985. The first-order chi connectivity index (χ1) is 9.22. The van der Waals surface area contributed by atoms with E-state index in [-0.39, 0.29) is 6.10 Å². The van der Waals surface area contributed by atoms with Crippen molar-refractivity contribution in [2.75, 3.05) is 11.9 Å². The third-order valence-corrected chi connectivity index (χ3v) is 3.20. The Bertz CT molecular complexity index is 563. The van der Waals surface area contributed by atoms with Gasteiger partial charge in [-0.1, -0.05) is 12.1 Å². The number of nitrogens with two attached hydrogens (primary N) is 1. The first-order valence-electron chi connectivity index (χ1n) is 6.26. The number of carbonyl (C=O) groups excluding carboxylic acids is 1. The van der Waals surface area contributed by atoms with Crippen molar-refractivity contribution >= 4 is 23.0 Å². The molecule has 1 aliphatic rings. The van der Waals surface area contributed by atoms with Crippen molar-refractivity contribution in [1.29, 1.82) is 0 Å². The SMILES string of the molecule is NC(=O)[C@H]1CC[C@@H](CNc2nc3ccccc3o2)O1. The molecular formula is C13H15N3O3. The summed E-state index contributed by atoms with van der Waals surface area (Å²) < 4.78 is 11.0. The maximum Gasteiger partial charge on any atom is 0.295 e. The van der Waals surface area contributed by atoms with E-state index in [1.165, 1.54) is 0 Å². The van der Waals surface area contributed by atoms with E-state index in [4.69, 9.17) is 14.9 Å². The van der Waals surface area contributed by atoms with Crippen LogP contribution in [0.3, 0.4) is 0 Å². The van der Waals surface area contributed by atoms with Gasteiger partial charge in [0.05, 0.1) is 6.10 Å². The number of hydrogen-bond donors (Lipinski definition) is 2. The lowest BCUT2D eigenvalue weighted by Crippen LogP contribution is -2.30. The minimum Gasteiger partial charge on any atom is -0.424 e. The zero-order valence-electron chi connectivity index (χ0n) is 10.3. The topological polar surface area (TPSA) is 90.4 Å². The number of rotatable bonds is 4. The van der Waals surface area contributed by atoms with Crippen molar-refractivity contribution in [2.24, 2.45) is 5.73 Å². The highest BCUT2D eigenvalue weighted by atomic mass is 16.5. The first kappa shape index (κ1) is 12.0. The summed E-state index contributed by atoms with van der Waals surface area (Å²) in [4.78, 5) is 15.3. The van der Waals surface area contributed by atoms with E-state index < -0.39 is 12.0 Å². The Morgan fingerprint density at radius 2 is 2.26 bits per heavy atom. The molecule has 1 saturated heterocycles. The van der Waals surface area contributed by atoms with Gasteiger partial charge in [-0.3, -0.25) is 4.79 Å². The summed E-state index contributed by atoms with van der Waals surface area (Å²) in [5, 5.41) is 3.08. The highest BCUT2D eigenvalue weighted by molar-refractivity contribution is 5.79. The maximum atomic E-state index is 11.0. The zero-order valence-corrected chi connectivity index (χ0v) is 10.3. The second-order valence-electron chi connectivity index (χ2n) is 4.59. The summed E-state index contributed by atoms with van der Waals surface area (Å²) in [6, 6.07) is 8.02. The van der Waals surface area contributed by atoms with Crippen molar-refractivity contribution < 1.29 is 13.9 Å². The molecule has 2 heterocycles. The van der Waals surface area contributed by atoms with Gasteiger partial charge in [-0.2, -0.15) is 4.98 Å². The normalized spacial score (nSPS) is 22.7. The number of ether oxygens (including phenoxy) is 1. The molecule has 0 bridgehead atoms. The van der Waals surface area contributed by atoms with Gasteiger partial charge >= 0.3 is 0 Å². The molecule has 1 fully saturated rings. The van der Waals surface area contributed by atoms with Gasteiger partial charge in [0, 0.05) is 6.54 Å². The van der Waals surface area contributed by atoms with E-state index in [1.807, 2.05) is 24.3 Å². The standard InChI is InChI=1S/C13H15N3O3/c14-12(17)11-6-5-8(18-11)7-15-13-16-9-3-1-2-4-10(9)19-13/h1-4,8,11H,5-7H2,(H2,14,17)(H,15,16)/t8-,11+/m0/s1. The van der Waals surface area contributed by atoms with Gasteiger partial charge in [-0.25, -0.2) is 0 Å². The molecule has 2 aromatic rings. The van der Waals surface area contributed by atoms with Crippen molar-refractivity contribution in [3.05, 3.63) is 24.3 Å². The van der Waals surface area contributed by atoms with Crippen molar-refractivity contribution in [3.63, 3.8) is 0 Å². The molecule has 1 aromatic heterocycles. The van der Waals surface area contributed by atoms with Crippen molar-refractivity contribution in [3.8, 4) is 0 Å². The van der Waals surface area contributed by atoms with Gasteiger partial charge in [-0.05, 0) is 25.0 Å². The average Bonchev–Trinajstić information content (AvgIpc) is 3.02. The molecular weight excluding hydrogens is 246 g/mol. The summed E-state index contributed by atoms with van der Waals surface area (Å²) in [6.45, 7) is 0.552. The average molecular weight is 261 g/mol. The molecule has 0 aliphatic carbocycles. The van der Waals surface area contributed by atoms with Crippen LogP contribution < -0.4 is 11.1 Å². The van der Waals surface area contributed by atoms with Crippen LogP contribution in [-0.2, 0) is 9.53 Å². The highest BCUT2D eigenvalue weighted by Gasteiger charge is 2.29. The predicted molar refractivity (Wildman–Crippen MR) is 69.6 cm³/mol. The van der Waals surface area contributed by atoms with Gasteiger partial charge in [0.2, 0.25) is 5.91 Å². The minimum absolute atomic E-state index is 0.0347. The van der Waals surface area contributed by atoms with E-state index in [0.29, 0.717) is 19.0 Å². The summed E-state index contributed by atoms with van der Waals surface area (Å²) >= 11 is 0. The van der Waals surface area contributed by atoms with Crippen LogP contribution in [0.25, 0.3) is 11.1 Å². The fraction of sp³-hybridized carbons (Fsp3) is 0.385. The van der Waals surface area contributed by atoms with Gasteiger partial charge in [0.25, 0.3) is 6.01 Å². The Hall–Kier alpha value is -2.08. The maximum absolute atomic E-state index is 11.0. The summed E-state index contributed by atoms with van der Waals surface area (Å²) in [5.41, 5.74) is 6.76. The van der Waals surface area contributed by atoms with Gasteiger partial charge in [-0.15, -0.1) is 0 Å². The number of amides is 1. The number of oxazole rings is 1. The minimum atomic E-state index is -0.463. The van der Waals surface area contributed by atoms with Crippen LogP contribution in [0.4, 0.5) is 6.01 Å². The van der Waals surface area contributed by atoms with E-state index in [9.17, 15) is 4.79 Å². The second kappa shape index (κ2) is 4.89. The lowest BCUT2D eigenvalue weighted by Gasteiger charge is -2.11. The second-order valence-corrected chi connectivity index (χ2v) is 4.59. The number of primary amides is 1. The largest absolute Gasteiger partial charge is 0.424 e. The third-order valence-electron chi connectivity index (χ3n) is 3.20. The van der Waals surface area contributed by atoms with Crippen LogP contribution >= 0.6 is 0 Å². The molecule has 2 atom stereocenters. The van der Waals surface area contributed by atoms with Gasteiger partial charge in [0.15, 0.2) is 5.58 Å². The third kappa shape index (κ3) is 2.53. The van der Waals surface area contributed by atoms with Crippen LogP contribution in [0.1, 0.15) is 12.8 Å². The zero-order chi connectivity index (χ0) is 13.2. The molecule has 6 heteroatoms. The number of nitrogens with zero attached hydrogens (tertiary/aromatic N) is 1. The fourth-order valence-electron chi connectivity index (χ4n) is 2.21. The van der Waals surface area contributed by atoms with Crippen LogP contribution in [-0.4, -0.2) is 29.6 Å². The number of para-hydroxylation sites is 2. The van der Waals surface area contributed by atoms with Crippen LogP contribution in [0.2, 0.25) is 0 Å². The molecule has 100 valence electrons. The molecule has 3 N–H and O–H groups in total. The number of hydrogen-bond acceptors (Lipinski definition) is 5. The fourth-order valence-corrected chi connectivity index (χ4v) is 2.21. The van der Waals surface area contributed by atoms with E-state index in [2.05, 4.69) is 10.3 Å². The molecule has 1 amide bonds. The molecule has 1 aromatic carbocycles. The lowest BCUT2D eigenvalue weighted by atomic mass is 10.2.